The standard InChI is InChI=1S/C21H22N6O4/c22-8-15-9-24-19(7-17(15)25-16-3-5-31-12-16)27(21(23)30)4-1-2-13-6-14(10-28)18(11-29)26-20(13)27/h6-7,9,11,16,28H,1-5,10,12H2,(H2-,23,24,25,30)/p+1. The number of nitrogens with one attached hydrogen (secondary N) is 1. The quantitative estimate of drug-likeness (QED) is 0.484. The predicted octanol–water partition coefficient (Wildman–Crippen LogP) is 1.52. The van der Waals surface area contributed by atoms with Gasteiger partial charge in [0.15, 0.2) is 6.29 Å². The number of nitrogens with two attached hydrogens (primary N) is 1. The second kappa shape index (κ2) is 8.39. The Balaban J connectivity index is 1.88. The number of fused-ring (bicyclic) bond motifs is 1. The van der Waals surface area contributed by atoms with Crippen LogP contribution in [0.15, 0.2) is 18.3 Å². The number of aromatic nitrogens is 2. The Kier molecular flexibility index (Phi) is 5.65. The average molecular weight is 423 g/mol. The number of primary amides is 1. The van der Waals surface area contributed by atoms with Gasteiger partial charge in [0, 0.05) is 30.2 Å². The molecule has 1 fully saturated rings. The minimum atomic E-state index is -0.686. The van der Waals surface area contributed by atoms with Gasteiger partial charge in [-0.25, -0.2) is 9.78 Å². The summed E-state index contributed by atoms with van der Waals surface area (Å²) >= 11 is 0. The summed E-state index contributed by atoms with van der Waals surface area (Å²) in [6, 6.07) is 4.82. The van der Waals surface area contributed by atoms with Gasteiger partial charge in [-0.15, -0.1) is 4.48 Å². The van der Waals surface area contributed by atoms with Crippen LogP contribution in [0, 0.1) is 11.3 Å². The van der Waals surface area contributed by atoms with Crippen molar-refractivity contribution in [2.45, 2.75) is 31.9 Å². The molecule has 2 unspecified atom stereocenters. The molecule has 2 amide bonds. The summed E-state index contributed by atoms with van der Waals surface area (Å²) in [5.41, 5.74) is 7.97. The number of amides is 2. The first-order chi connectivity index (χ1) is 15.0. The smallest absolute Gasteiger partial charge is 0.392 e. The second-order valence-corrected chi connectivity index (χ2v) is 7.67. The summed E-state index contributed by atoms with van der Waals surface area (Å²) in [6.45, 7) is 1.14. The topological polar surface area (TPSA) is 151 Å². The number of hydrogen-bond donors (Lipinski definition) is 3. The summed E-state index contributed by atoms with van der Waals surface area (Å²) in [5, 5.41) is 22.4. The van der Waals surface area contributed by atoms with Crippen LogP contribution in [0.5, 0.6) is 0 Å². The molecule has 10 nitrogen and oxygen atoms in total. The zero-order valence-corrected chi connectivity index (χ0v) is 16.9. The Morgan fingerprint density at radius 2 is 2.32 bits per heavy atom. The Hall–Kier alpha value is -3.39. The maximum Gasteiger partial charge on any atom is 0.426 e. The van der Waals surface area contributed by atoms with Crippen molar-refractivity contribution in [3.05, 3.63) is 40.7 Å². The Morgan fingerprint density at radius 1 is 1.48 bits per heavy atom. The summed E-state index contributed by atoms with van der Waals surface area (Å²) in [6.07, 6.45) is 4.02. The zero-order chi connectivity index (χ0) is 22.0. The van der Waals surface area contributed by atoms with E-state index in [4.69, 9.17) is 10.5 Å². The number of aldehydes is 1. The molecule has 2 aromatic rings. The lowest BCUT2D eigenvalue weighted by molar-refractivity contribution is 0.111. The highest BCUT2D eigenvalue weighted by atomic mass is 16.5. The number of nitriles is 1. The number of aliphatic hydroxyl groups is 1. The molecular formula is C21H23N6O4+. The molecule has 4 N–H and O–H groups in total. The van der Waals surface area contributed by atoms with Crippen molar-refractivity contribution in [3.8, 4) is 6.07 Å². The lowest BCUT2D eigenvalue weighted by Crippen LogP contribution is -2.56. The summed E-state index contributed by atoms with van der Waals surface area (Å²) < 4.78 is 4.93. The number of rotatable bonds is 5. The maximum absolute atomic E-state index is 12.9. The van der Waals surface area contributed by atoms with Crippen LogP contribution in [0.4, 0.5) is 22.1 Å². The molecule has 2 aliphatic heterocycles. The van der Waals surface area contributed by atoms with Gasteiger partial charge in [-0.05, 0) is 18.9 Å². The molecule has 0 radical (unpaired) electrons. The minimum Gasteiger partial charge on any atom is -0.392 e. The Labute approximate surface area is 178 Å². The third-order valence-electron chi connectivity index (χ3n) is 5.84. The molecule has 160 valence electrons. The number of nitrogens with zero attached hydrogens (tertiary/aromatic N) is 4. The molecule has 0 bridgehead atoms. The van der Waals surface area contributed by atoms with E-state index in [0.29, 0.717) is 67.3 Å². The number of quaternary nitrogens is 1. The maximum atomic E-state index is 12.9. The fraction of sp³-hybridized carbons (Fsp3) is 0.381. The fourth-order valence-electron chi connectivity index (χ4n) is 4.24. The van der Waals surface area contributed by atoms with E-state index >= 15 is 0 Å². The average Bonchev–Trinajstić information content (AvgIpc) is 3.30. The van der Waals surface area contributed by atoms with Crippen molar-refractivity contribution in [1.29, 1.82) is 5.26 Å². The van der Waals surface area contributed by atoms with Crippen molar-refractivity contribution in [1.82, 2.24) is 14.5 Å². The van der Waals surface area contributed by atoms with Crippen LogP contribution < -0.4 is 15.5 Å². The van der Waals surface area contributed by atoms with Crippen LogP contribution in [0.2, 0.25) is 0 Å². The van der Waals surface area contributed by atoms with Crippen LogP contribution in [-0.4, -0.2) is 53.2 Å². The summed E-state index contributed by atoms with van der Waals surface area (Å²) in [5.74, 6) is 0.639. The van der Waals surface area contributed by atoms with E-state index in [-0.39, 0.29) is 18.3 Å². The largest absolute Gasteiger partial charge is 0.426 e. The number of carbonyl (C=O) groups excluding carboxylic acids is 2. The van der Waals surface area contributed by atoms with Gasteiger partial charge in [-0.2, -0.15) is 10.2 Å². The van der Waals surface area contributed by atoms with Gasteiger partial charge in [0.05, 0.1) is 36.7 Å². The summed E-state index contributed by atoms with van der Waals surface area (Å²) in [4.78, 5) is 33.3. The molecule has 31 heavy (non-hydrogen) atoms. The third-order valence-corrected chi connectivity index (χ3v) is 5.84. The highest BCUT2D eigenvalue weighted by Crippen LogP contribution is 2.41. The van der Waals surface area contributed by atoms with Crippen molar-refractivity contribution in [3.63, 3.8) is 0 Å². The molecular weight excluding hydrogens is 400 g/mol. The monoisotopic (exact) mass is 423 g/mol. The number of pyridine rings is 2. The third kappa shape index (κ3) is 3.53. The van der Waals surface area contributed by atoms with Gasteiger partial charge < -0.3 is 20.9 Å². The first kappa shape index (κ1) is 20.9. The Morgan fingerprint density at radius 3 is 2.97 bits per heavy atom. The van der Waals surface area contributed by atoms with Crippen LogP contribution in [0.25, 0.3) is 0 Å². The molecule has 0 saturated carbocycles. The SMILES string of the molecule is N#Cc1cnc([N+]2(C(N)=O)CCCc3cc(CO)c(C=O)nc32)cc1NC1CCOC1. The van der Waals surface area contributed by atoms with E-state index in [1.165, 1.54) is 6.20 Å². The van der Waals surface area contributed by atoms with E-state index in [1.807, 2.05) is 0 Å². The number of ether oxygens (including phenoxy) is 1. The predicted molar refractivity (Wildman–Crippen MR) is 112 cm³/mol. The van der Waals surface area contributed by atoms with Crippen LogP contribution >= 0.6 is 0 Å². The van der Waals surface area contributed by atoms with Crippen LogP contribution in [-0.2, 0) is 17.8 Å². The molecule has 2 aliphatic rings. The van der Waals surface area contributed by atoms with Gasteiger partial charge >= 0.3 is 6.03 Å². The molecule has 2 atom stereocenters. The van der Waals surface area contributed by atoms with Gasteiger partial charge in [-0.1, -0.05) is 0 Å². The molecule has 2 aromatic heterocycles. The van der Waals surface area contributed by atoms with Gasteiger partial charge in [0.2, 0.25) is 11.6 Å². The zero-order valence-electron chi connectivity index (χ0n) is 16.9. The number of urea groups is 1. The molecule has 4 heterocycles. The normalized spacial score (nSPS) is 22.4. The second-order valence-electron chi connectivity index (χ2n) is 7.67. The first-order valence-electron chi connectivity index (χ1n) is 10.1. The van der Waals surface area contributed by atoms with Crippen molar-refractivity contribution in [2.24, 2.45) is 5.73 Å². The molecule has 10 heteroatoms. The minimum absolute atomic E-state index is 0.0462. The van der Waals surface area contributed by atoms with Crippen molar-refractivity contribution >= 4 is 29.6 Å². The van der Waals surface area contributed by atoms with Crippen LogP contribution in [0.3, 0.4) is 0 Å². The van der Waals surface area contributed by atoms with E-state index in [0.717, 1.165) is 12.0 Å². The highest BCUT2D eigenvalue weighted by Gasteiger charge is 2.47. The molecule has 0 spiro atoms. The van der Waals surface area contributed by atoms with E-state index in [1.54, 1.807) is 12.1 Å². The van der Waals surface area contributed by atoms with Gasteiger partial charge in [-0.3, -0.25) is 4.79 Å². The van der Waals surface area contributed by atoms with E-state index in [9.17, 15) is 20.0 Å². The van der Waals surface area contributed by atoms with E-state index < -0.39 is 10.5 Å². The van der Waals surface area contributed by atoms with Crippen molar-refractivity contribution in [2.75, 3.05) is 25.1 Å². The number of anilines is 1. The number of hydrogen-bond acceptors (Lipinski definition) is 8. The summed E-state index contributed by atoms with van der Waals surface area (Å²) in [7, 11) is 0. The molecule has 1 saturated heterocycles. The number of aliphatic hydroxyl groups excluding tert-OH is 1. The number of aryl methyl sites for hydroxylation is 1. The van der Waals surface area contributed by atoms with Gasteiger partial charge in [0.25, 0.3) is 0 Å². The highest BCUT2D eigenvalue weighted by molar-refractivity contribution is 5.93. The lowest BCUT2D eigenvalue weighted by Gasteiger charge is -2.35. The Bertz CT molecular complexity index is 1080. The molecule has 4 rings (SSSR count). The molecule has 0 aliphatic carbocycles. The van der Waals surface area contributed by atoms with E-state index in [2.05, 4.69) is 21.4 Å². The van der Waals surface area contributed by atoms with Crippen molar-refractivity contribution < 1.29 is 19.4 Å². The fourth-order valence-corrected chi connectivity index (χ4v) is 4.24. The van der Waals surface area contributed by atoms with Crippen LogP contribution in [0.1, 0.15) is 40.0 Å². The lowest BCUT2D eigenvalue weighted by atomic mass is 9.99. The van der Waals surface area contributed by atoms with Gasteiger partial charge in [0.1, 0.15) is 18.3 Å². The molecule has 0 aromatic carbocycles. The first-order valence-corrected chi connectivity index (χ1v) is 10.1. The number of carbonyl (C=O) groups is 2.